The summed E-state index contributed by atoms with van der Waals surface area (Å²) in [6.07, 6.45) is 0. The smallest absolute Gasteiger partial charge is 0.141 e. The van der Waals surface area contributed by atoms with Gasteiger partial charge in [0.2, 0.25) is 0 Å². The molecule has 0 aliphatic heterocycles. The number of benzene rings is 1. The maximum Gasteiger partial charge on any atom is 0.141 e. The van der Waals surface area contributed by atoms with Crippen LogP contribution in [0.1, 0.15) is 5.69 Å². The van der Waals surface area contributed by atoms with Crippen molar-refractivity contribution in [2.45, 2.75) is 6.54 Å². The Hall–Kier alpha value is -1.04. The third-order valence-electron chi connectivity index (χ3n) is 2.77. The molecule has 96 valence electrons. The van der Waals surface area contributed by atoms with Gasteiger partial charge in [-0.05, 0) is 34.1 Å². The van der Waals surface area contributed by atoms with Gasteiger partial charge in [0.15, 0.2) is 0 Å². The molecule has 0 saturated carbocycles. The lowest BCUT2D eigenvalue weighted by molar-refractivity contribution is 0.415. The van der Waals surface area contributed by atoms with Crippen LogP contribution in [0.3, 0.4) is 0 Å². The topological polar surface area (TPSA) is 53.1 Å². The summed E-state index contributed by atoms with van der Waals surface area (Å²) in [7, 11) is 3.51. The largest absolute Gasteiger partial charge is 0.495 e. The van der Waals surface area contributed by atoms with Crippen LogP contribution in [0.25, 0.3) is 11.4 Å². The Balaban J connectivity index is 2.52. The second kappa shape index (κ2) is 5.30. The molecule has 4 nitrogen and oxygen atoms in total. The van der Waals surface area contributed by atoms with Gasteiger partial charge in [-0.3, -0.25) is 0 Å². The molecule has 2 rings (SSSR count). The van der Waals surface area contributed by atoms with E-state index in [4.69, 9.17) is 22.1 Å². The van der Waals surface area contributed by atoms with Gasteiger partial charge in [-0.2, -0.15) is 0 Å². The van der Waals surface area contributed by atoms with E-state index in [-0.39, 0.29) is 0 Å². The summed E-state index contributed by atoms with van der Waals surface area (Å²) in [5.41, 5.74) is 7.54. The third kappa shape index (κ3) is 2.25. The van der Waals surface area contributed by atoms with Gasteiger partial charge in [-0.1, -0.05) is 11.6 Å². The number of ether oxygens (including phenoxy) is 1. The van der Waals surface area contributed by atoms with Crippen molar-refractivity contribution in [2.75, 3.05) is 7.11 Å². The van der Waals surface area contributed by atoms with Gasteiger partial charge in [0, 0.05) is 19.2 Å². The van der Waals surface area contributed by atoms with Crippen molar-refractivity contribution in [1.82, 2.24) is 9.55 Å². The zero-order valence-corrected chi connectivity index (χ0v) is 12.4. The van der Waals surface area contributed by atoms with Crippen molar-refractivity contribution in [1.29, 1.82) is 0 Å². The van der Waals surface area contributed by atoms with Gasteiger partial charge in [0.1, 0.15) is 16.2 Å². The van der Waals surface area contributed by atoms with Crippen LogP contribution >= 0.6 is 27.5 Å². The monoisotopic (exact) mass is 329 g/mol. The van der Waals surface area contributed by atoms with Crippen LogP contribution in [-0.2, 0) is 13.6 Å². The molecule has 0 saturated heterocycles. The number of rotatable bonds is 3. The summed E-state index contributed by atoms with van der Waals surface area (Å²) < 4.78 is 7.83. The Morgan fingerprint density at radius 2 is 2.22 bits per heavy atom. The molecule has 18 heavy (non-hydrogen) atoms. The van der Waals surface area contributed by atoms with Crippen LogP contribution in [0.15, 0.2) is 22.8 Å². The molecule has 0 unspecified atom stereocenters. The van der Waals surface area contributed by atoms with Crippen molar-refractivity contribution >= 4 is 27.5 Å². The van der Waals surface area contributed by atoms with Gasteiger partial charge < -0.3 is 15.0 Å². The average Bonchev–Trinajstić information content (AvgIpc) is 2.64. The Bertz CT molecular complexity index is 583. The van der Waals surface area contributed by atoms with Crippen LogP contribution in [0.4, 0.5) is 0 Å². The minimum Gasteiger partial charge on any atom is -0.495 e. The first-order valence-electron chi connectivity index (χ1n) is 5.33. The van der Waals surface area contributed by atoms with Crippen LogP contribution < -0.4 is 10.5 Å². The predicted molar refractivity (Wildman–Crippen MR) is 75.8 cm³/mol. The van der Waals surface area contributed by atoms with Crippen molar-refractivity contribution in [3.8, 4) is 17.1 Å². The summed E-state index contributed by atoms with van der Waals surface area (Å²) in [5, 5.41) is 0.559. The quantitative estimate of drug-likeness (QED) is 0.941. The Labute approximate surface area is 119 Å². The van der Waals surface area contributed by atoms with E-state index in [1.54, 1.807) is 7.11 Å². The molecule has 0 atom stereocenters. The lowest BCUT2D eigenvalue weighted by atomic mass is 10.2. The molecular weight excluding hydrogens is 318 g/mol. The lowest BCUT2D eigenvalue weighted by Gasteiger charge is -2.07. The molecule has 0 fully saturated rings. The normalized spacial score (nSPS) is 10.7. The number of aromatic nitrogens is 2. The van der Waals surface area contributed by atoms with Gasteiger partial charge in [-0.25, -0.2) is 4.98 Å². The molecule has 1 heterocycles. The molecule has 2 aromatic rings. The summed E-state index contributed by atoms with van der Waals surface area (Å²) in [6, 6.07) is 5.57. The van der Waals surface area contributed by atoms with Gasteiger partial charge >= 0.3 is 0 Å². The summed E-state index contributed by atoms with van der Waals surface area (Å²) in [5.74, 6) is 1.46. The fourth-order valence-corrected chi connectivity index (χ4v) is 2.64. The highest BCUT2D eigenvalue weighted by Crippen LogP contribution is 2.31. The molecule has 0 aliphatic carbocycles. The van der Waals surface area contributed by atoms with Crippen molar-refractivity contribution in [2.24, 2.45) is 12.8 Å². The lowest BCUT2D eigenvalue weighted by Crippen LogP contribution is -2.04. The Kier molecular flexibility index (Phi) is 3.94. The van der Waals surface area contributed by atoms with Crippen LogP contribution in [0, 0.1) is 0 Å². The number of hydrogen-bond donors (Lipinski definition) is 1. The highest BCUT2D eigenvalue weighted by atomic mass is 79.9. The second-order valence-corrected chi connectivity index (χ2v) is 4.94. The minimum atomic E-state index is 0.425. The molecule has 0 radical (unpaired) electrons. The first-order valence-corrected chi connectivity index (χ1v) is 6.50. The van der Waals surface area contributed by atoms with Crippen molar-refractivity contribution in [3.63, 3.8) is 0 Å². The van der Waals surface area contributed by atoms with E-state index in [9.17, 15) is 0 Å². The van der Waals surface area contributed by atoms with Crippen molar-refractivity contribution in [3.05, 3.63) is 33.5 Å². The predicted octanol–water partition coefficient (Wildman–Crippen LogP) is 2.97. The number of nitrogens with two attached hydrogens (primary N) is 1. The van der Waals surface area contributed by atoms with Crippen molar-refractivity contribution < 1.29 is 4.74 Å². The van der Waals surface area contributed by atoms with Gasteiger partial charge in [0.25, 0.3) is 0 Å². The van der Waals surface area contributed by atoms with Gasteiger partial charge in [0.05, 0.1) is 17.8 Å². The fraction of sp³-hybridized carbons (Fsp3) is 0.250. The number of methoxy groups -OCH3 is 1. The fourth-order valence-electron chi connectivity index (χ4n) is 1.78. The summed E-state index contributed by atoms with van der Waals surface area (Å²) >= 11 is 9.52. The number of halogens is 2. The maximum absolute atomic E-state index is 6.11. The van der Waals surface area contributed by atoms with E-state index >= 15 is 0 Å². The van der Waals surface area contributed by atoms with Crippen LogP contribution in [0.2, 0.25) is 5.02 Å². The Morgan fingerprint density at radius 1 is 1.50 bits per heavy atom. The van der Waals surface area contributed by atoms with E-state index in [1.807, 2.05) is 29.8 Å². The minimum absolute atomic E-state index is 0.425. The van der Waals surface area contributed by atoms with E-state index in [2.05, 4.69) is 20.9 Å². The van der Waals surface area contributed by atoms with Crippen LogP contribution in [-0.4, -0.2) is 16.7 Å². The first kappa shape index (κ1) is 13.4. The zero-order valence-electron chi connectivity index (χ0n) is 10.1. The Morgan fingerprint density at radius 3 is 2.72 bits per heavy atom. The average molecular weight is 331 g/mol. The summed E-state index contributed by atoms with van der Waals surface area (Å²) in [4.78, 5) is 4.45. The van der Waals surface area contributed by atoms with E-state index in [1.165, 1.54) is 0 Å². The molecule has 1 aromatic heterocycles. The number of nitrogens with zero attached hydrogens (tertiary/aromatic N) is 2. The molecular formula is C12H13BrClN3O. The van der Waals surface area contributed by atoms with Crippen LogP contribution in [0.5, 0.6) is 5.75 Å². The highest BCUT2D eigenvalue weighted by molar-refractivity contribution is 9.10. The molecule has 1 aromatic carbocycles. The standard InChI is InChI=1S/C12H13BrClN3O/c1-17-9(6-15)11(13)16-12(17)7-3-4-10(18-2)8(14)5-7/h3-5H,6,15H2,1-2H3. The molecule has 0 amide bonds. The highest BCUT2D eigenvalue weighted by Gasteiger charge is 2.14. The van der Waals surface area contributed by atoms with E-state index in [0.29, 0.717) is 17.3 Å². The summed E-state index contributed by atoms with van der Waals surface area (Å²) in [6.45, 7) is 0.425. The molecule has 2 N–H and O–H groups in total. The molecule has 0 spiro atoms. The molecule has 0 bridgehead atoms. The third-order valence-corrected chi connectivity index (χ3v) is 3.70. The molecule has 0 aliphatic rings. The number of hydrogen-bond acceptors (Lipinski definition) is 3. The van der Waals surface area contributed by atoms with Gasteiger partial charge in [-0.15, -0.1) is 0 Å². The first-order chi connectivity index (χ1) is 8.58. The zero-order chi connectivity index (χ0) is 13.3. The molecule has 6 heteroatoms. The maximum atomic E-state index is 6.11. The second-order valence-electron chi connectivity index (χ2n) is 3.79. The number of imidazole rings is 1. The van der Waals surface area contributed by atoms with E-state index < -0.39 is 0 Å². The van der Waals surface area contributed by atoms with E-state index in [0.717, 1.165) is 21.7 Å². The SMILES string of the molecule is COc1ccc(-c2nc(Br)c(CN)n2C)cc1Cl.